The average Bonchev–Trinajstić information content (AvgIpc) is 2.33. The fraction of sp³-hybridized carbons (Fsp3) is 0.417. The van der Waals surface area contributed by atoms with E-state index in [0.717, 1.165) is 11.3 Å². The van der Waals surface area contributed by atoms with Crippen molar-refractivity contribution in [1.82, 2.24) is 5.32 Å². The Hall–Kier alpha value is -0.780. The van der Waals surface area contributed by atoms with Crippen LogP contribution in [0, 0.1) is 5.82 Å². The van der Waals surface area contributed by atoms with E-state index in [9.17, 15) is 9.18 Å². The highest BCUT2D eigenvalue weighted by atomic mass is 35.5. The number of halogens is 2. The van der Waals surface area contributed by atoms with E-state index in [1.165, 1.54) is 12.1 Å². The number of rotatable bonds is 6. The highest BCUT2D eigenvalue weighted by Crippen LogP contribution is 2.03. The monoisotopic (exact) mass is 292 g/mol. The topological polar surface area (TPSA) is 55.1 Å². The summed E-state index contributed by atoms with van der Waals surface area (Å²) in [6.07, 6.45) is 2.62. The third-order valence-electron chi connectivity index (χ3n) is 2.33. The Morgan fingerprint density at radius 3 is 2.89 bits per heavy atom. The molecule has 0 saturated carbocycles. The molecule has 0 aliphatic heterocycles. The molecule has 0 aliphatic carbocycles. The van der Waals surface area contributed by atoms with Gasteiger partial charge in [-0.3, -0.25) is 4.79 Å². The van der Waals surface area contributed by atoms with Gasteiger partial charge in [-0.2, -0.15) is 11.8 Å². The Morgan fingerprint density at radius 2 is 2.28 bits per heavy atom. The van der Waals surface area contributed by atoms with Gasteiger partial charge in [-0.25, -0.2) is 4.39 Å². The lowest BCUT2D eigenvalue weighted by molar-refractivity contribution is -0.122. The minimum absolute atomic E-state index is 0. The van der Waals surface area contributed by atoms with E-state index in [1.54, 1.807) is 23.9 Å². The van der Waals surface area contributed by atoms with Crippen molar-refractivity contribution >= 4 is 30.1 Å². The molecule has 1 amide bonds. The van der Waals surface area contributed by atoms with E-state index < -0.39 is 6.04 Å². The molecule has 0 saturated heterocycles. The second-order valence-corrected chi connectivity index (χ2v) is 4.72. The first-order valence-electron chi connectivity index (χ1n) is 5.40. The van der Waals surface area contributed by atoms with E-state index in [2.05, 4.69) is 5.32 Å². The number of nitrogens with one attached hydrogen (secondary N) is 1. The second kappa shape index (κ2) is 9.19. The van der Waals surface area contributed by atoms with Crippen LogP contribution in [-0.2, 0) is 11.3 Å². The lowest BCUT2D eigenvalue weighted by Gasteiger charge is -2.11. The zero-order valence-corrected chi connectivity index (χ0v) is 11.8. The summed E-state index contributed by atoms with van der Waals surface area (Å²) < 4.78 is 12.9. The Morgan fingerprint density at radius 1 is 1.56 bits per heavy atom. The van der Waals surface area contributed by atoms with Gasteiger partial charge in [-0.15, -0.1) is 12.4 Å². The zero-order valence-electron chi connectivity index (χ0n) is 10.2. The lowest BCUT2D eigenvalue weighted by Crippen LogP contribution is -2.40. The standard InChI is InChI=1S/C12H17FN2OS.ClH/c1-17-6-5-11(14)12(16)15-8-9-3-2-4-10(13)7-9;/h2-4,7,11H,5-6,8,14H2,1H3,(H,15,16);1H/t11-;/m0./s1. The van der Waals surface area contributed by atoms with Crippen molar-refractivity contribution in [2.24, 2.45) is 5.73 Å². The predicted octanol–water partition coefficient (Wildman–Crippen LogP) is 1.94. The van der Waals surface area contributed by atoms with Crippen LogP contribution < -0.4 is 11.1 Å². The van der Waals surface area contributed by atoms with Gasteiger partial charge in [-0.1, -0.05) is 12.1 Å². The van der Waals surface area contributed by atoms with E-state index in [0.29, 0.717) is 13.0 Å². The molecule has 0 spiro atoms. The Labute approximate surface area is 117 Å². The molecule has 0 radical (unpaired) electrons. The number of carbonyl (C=O) groups is 1. The summed E-state index contributed by atoms with van der Waals surface area (Å²) in [5.41, 5.74) is 6.43. The molecule has 0 unspecified atom stereocenters. The molecule has 0 heterocycles. The van der Waals surface area contributed by atoms with E-state index in [1.807, 2.05) is 6.26 Å². The van der Waals surface area contributed by atoms with Crippen molar-refractivity contribution in [3.63, 3.8) is 0 Å². The van der Waals surface area contributed by atoms with Crippen molar-refractivity contribution in [3.05, 3.63) is 35.6 Å². The van der Waals surface area contributed by atoms with Crippen LogP contribution in [-0.4, -0.2) is 24.0 Å². The largest absolute Gasteiger partial charge is 0.351 e. The predicted molar refractivity (Wildman–Crippen MR) is 76.5 cm³/mol. The summed E-state index contributed by atoms with van der Waals surface area (Å²) in [5.74, 6) is 0.362. The number of amides is 1. The third kappa shape index (κ3) is 6.23. The average molecular weight is 293 g/mol. The molecular formula is C12H18ClFN2OS. The number of benzene rings is 1. The Kier molecular flexibility index (Phi) is 8.79. The van der Waals surface area contributed by atoms with E-state index in [-0.39, 0.29) is 24.1 Å². The molecule has 0 bridgehead atoms. The number of hydrogen-bond donors (Lipinski definition) is 2. The molecule has 1 aromatic carbocycles. The number of nitrogens with two attached hydrogens (primary N) is 1. The van der Waals surface area contributed by atoms with Crippen LogP contribution >= 0.6 is 24.2 Å². The first-order valence-corrected chi connectivity index (χ1v) is 6.79. The third-order valence-corrected chi connectivity index (χ3v) is 2.97. The van der Waals surface area contributed by atoms with Gasteiger partial charge in [0, 0.05) is 6.54 Å². The SMILES string of the molecule is CSCC[C@H](N)C(=O)NCc1cccc(F)c1.Cl. The summed E-state index contributed by atoms with van der Waals surface area (Å²) >= 11 is 1.65. The van der Waals surface area contributed by atoms with Crippen LogP contribution in [0.2, 0.25) is 0 Å². The number of thioether (sulfide) groups is 1. The van der Waals surface area contributed by atoms with Crippen LogP contribution in [0.15, 0.2) is 24.3 Å². The van der Waals surface area contributed by atoms with Crippen molar-refractivity contribution in [2.75, 3.05) is 12.0 Å². The summed E-state index contributed by atoms with van der Waals surface area (Å²) in [5, 5.41) is 2.69. The van der Waals surface area contributed by atoms with Crippen LogP contribution in [0.4, 0.5) is 4.39 Å². The number of hydrogen-bond acceptors (Lipinski definition) is 3. The van der Waals surface area contributed by atoms with Gasteiger partial charge >= 0.3 is 0 Å². The first kappa shape index (κ1) is 17.2. The van der Waals surface area contributed by atoms with Gasteiger partial charge < -0.3 is 11.1 Å². The molecule has 1 aromatic rings. The molecule has 6 heteroatoms. The van der Waals surface area contributed by atoms with Gasteiger partial charge in [0.15, 0.2) is 0 Å². The maximum Gasteiger partial charge on any atom is 0.237 e. The van der Waals surface area contributed by atoms with Crippen LogP contribution in [0.3, 0.4) is 0 Å². The van der Waals surface area contributed by atoms with Crippen molar-refractivity contribution in [2.45, 2.75) is 19.0 Å². The molecule has 18 heavy (non-hydrogen) atoms. The van der Waals surface area contributed by atoms with Crippen LogP contribution in [0.1, 0.15) is 12.0 Å². The molecule has 3 nitrogen and oxygen atoms in total. The van der Waals surface area contributed by atoms with Crippen molar-refractivity contribution < 1.29 is 9.18 Å². The lowest BCUT2D eigenvalue weighted by atomic mass is 10.2. The van der Waals surface area contributed by atoms with Gasteiger partial charge in [0.05, 0.1) is 6.04 Å². The highest BCUT2D eigenvalue weighted by molar-refractivity contribution is 7.98. The Balaban J connectivity index is 0.00000289. The van der Waals surface area contributed by atoms with Crippen molar-refractivity contribution in [3.8, 4) is 0 Å². The summed E-state index contributed by atoms with van der Waals surface area (Å²) in [4.78, 5) is 11.6. The van der Waals surface area contributed by atoms with Gasteiger partial charge in [0.25, 0.3) is 0 Å². The smallest absolute Gasteiger partial charge is 0.237 e. The van der Waals surface area contributed by atoms with Crippen molar-refractivity contribution in [1.29, 1.82) is 0 Å². The highest BCUT2D eigenvalue weighted by Gasteiger charge is 2.12. The van der Waals surface area contributed by atoms with Gasteiger partial charge in [-0.05, 0) is 36.1 Å². The molecule has 102 valence electrons. The maximum atomic E-state index is 12.9. The first-order chi connectivity index (χ1) is 8.13. The van der Waals surface area contributed by atoms with Crippen LogP contribution in [0.25, 0.3) is 0 Å². The summed E-state index contributed by atoms with van der Waals surface area (Å²) in [7, 11) is 0. The summed E-state index contributed by atoms with van der Waals surface area (Å²) in [6.45, 7) is 0.309. The second-order valence-electron chi connectivity index (χ2n) is 3.74. The molecular weight excluding hydrogens is 275 g/mol. The van der Waals surface area contributed by atoms with Crippen LogP contribution in [0.5, 0.6) is 0 Å². The fourth-order valence-corrected chi connectivity index (χ4v) is 1.83. The van der Waals surface area contributed by atoms with E-state index >= 15 is 0 Å². The Bertz CT molecular complexity index is 379. The quantitative estimate of drug-likeness (QED) is 0.842. The minimum Gasteiger partial charge on any atom is -0.351 e. The molecule has 0 aromatic heterocycles. The minimum atomic E-state index is -0.490. The molecule has 0 fully saturated rings. The molecule has 1 rings (SSSR count). The zero-order chi connectivity index (χ0) is 12.7. The maximum absolute atomic E-state index is 12.9. The molecule has 0 aliphatic rings. The molecule has 1 atom stereocenters. The normalized spacial score (nSPS) is 11.5. The van der Waals surface area contributed by atoms with Gasteiger partial charge in [0.2, 0.25) is 5.91 Å². The molecule has 3 N–H and O–H groups in total. The fourth-order valence-electron chi connectivity index (χ4n) is 1.34. The van der Waals surface area contributed by atoms with Gasteiger partial charge in [0.1, 0.15) is 5.82 Å². The summed E-state index contributed by atoms with van der Waals surface area (Å²) in [6, 6.07) is 5.65. The number of carbonyl (C=O) groups excluding carboxylic acids is 1. The van der Waals surface area contributed by atoms with E-state index in [4.69, 9.17) is 5.73 Å².